The Morgan fingerprint density at radius 2 is 1.70 bits per heavy atom. The number of methoxy groups -OCH3 is 2. The Morgan fingerprint density at radius 1 is 1.00 bits per heavy atom. The van der Waals surface area contributed by atoms with Crippen LogP contribution in [0, 0.1) is 23.7 Å². The molecule has 0 aromatic heterocycles. The molecule has 1 saturated carbocycles. The van der Waals surface area contributed by atoms with Gasteiger partial charge < -0.3 is 14.4 Å². The summed E-state index contributed by atoms with van der Waals surface area (Å²) in [5, 5.41) is 0. The van der Waals surface area contributed by atoms with Crippen molar-refractivity contribution in [3.63, 3.8) is 0 Å². The molecule has 0 N–H and O–H groups in total. The van der Waals surface area contributed by atoms with E-state index in [4.69, 9.17) is 9.47 Å². The van der Waals surface area contributed by atoms with Crippen molar-refractivity contribution in [1.29, 1.82) is 0 Å². The fourth-order valence-corrected chi connectivity index (χ4v) is 4.39. The molecule has 1 heterocycles. The molecule has 1 saturated heterocycles. The molecular weight excluding hydrogens is 250 g/mol. The molecule has 4 unspecified atom stereocenters. The normalized spacial score (nSPS) is 33.6. The highest BCUT2D eigenvalue weighted by atomic mass is 16.5. The van der Waals surface area contributed by atoms with Crippen LogP contribution in [0.2, 0.25) is 0 Å². The third-order valence-electron chi connectivity index (χ3n) is 5.39. The summed E-state index contributed by atoms with van der Waals surface area (Å²) in [7, 11) is 3.43. The Bertz CT molecular complexity index is 534. The Morgan fingerprint density at radius 3 is 2.30 bits per heavy atom. The highest BCUT2D eigenvalue weighted by molar-refractivity contribution is 5.62. The van der Waals surface area contributed by atoms with E-state index in [1.54, 1.807) is 14.2 Å². The van der Waals surface area contributed by atoms with Crippen molar-refractivity contribution < 1.29 is 9.47 Å². The van der Waals surface area contributed by atoms with Gasteiger partial charge in [0.2, 0.25) is 0 Å². The van der Waals surface area contributed by atoms with Crippen molar-refractivity contribution in [3.8, 4) is 11.5 Å². The van der Waals surface area contributed by atoms with Gasteiger partial charge in [0, 0.05) is 19.2 Å². The van der Waals surface area contributed by atoms with E-state index in [1.807, 2.05) is 12.1 Å². The first-order valence-corrected chi connectivity index (χ1v) is 7.45. The average molecular weight is 271 g/mol. The van der Waals surface area contributed by atoms with Gasteiger partial charge in [0.05, 0.1) is 19.9 Å². The molecule has 4 atom stereocenters. The van der Waals surface area contributed by atoms with Gasteiger partial charge in [-0.1, -0.05) is 12.2 Å². The molecule has 20 heavy (non-hydrogen) atoms. The summed E-state index contributed by atoms with van der Waals surface area (Å²) in [5.74, 6) is 5.10. The predicted octanol–water partition coefficient (Wildman–Crippen LogP) is 2.96. The molecule has 0 amide bonds. The first-order chi connectivity index (χ1) is 9.80. The quantitative estimate of drug-likeness (QED) is 0.789. The highest BCUT2D eigenvalue weighted by Crippen LogP contribution is 2.52. The molecule has 4 rings (SSSR count). The van der Waals surface area contributed by atoms with E-state index in [-0.39, 0.29) is 0 Å². The van der Waals surface area contributed by atoms with Crippen molar-refractivity contribution in [1.82, 2.24) is 0 Å². The Balaban J connectivity index is 1.61. The van der Waals surface area contributed by atoms with Crippen LogP contribution in [0.5, 0.6) is 11.5 Å². The average Bonchev–Trinajstić information content (AvgIpc) is 3.18. The van der Waals surface area contributed by atoms with E-state index in [0.717, 1.165) is 35.2 Å². The maximum Gasteiger partial charge on any atom is 0.145 e. The minimum absolute atomic E-state index is 0.819. The zero-order chi connectivity index (χ0) is 13.7. The maximum absolute atomic E-state index is 5.55. The summed E-state index contributed by atoms with van der Waals surface area (Å²) < 4.78 is 10.8. The minimum atomic E-state index is 0.819. The molecule has 3 nitrogen and oxygen atoms in total. The minimum Gasteiger partial charge on any atom is -0.497 e. The van der Waals surface area contributed by atoms with Crippen molar-refractivity contribution in [2.24, 2.45) is 23.7 Å². The van der Waals surface area contributed by atoms with Gasteiger partial charge in [-0.3, -0.25) is 0 Å². The lowest BCUT2D eigenvalue weighted by molar-refractivity contribution is 0.394. The van der Waals surface area contributed by atoms with Gasteiger partial charge in [0.25, 0.3) is 0 Å². The smallest absolute Gasteiger partial charge is 0.145 e. The van der Waals surface area contributed by atoms with Crippen molar-refractivity contribution in [3.05, 3.63) is 30.4 Å². The number of allylic oxidation sites excluding steroid dienone is 2. The number of fused-ring (bicyclic) bond motifs is 5. The van der Waals surface area contributed by atoms with E-state index >= 15 is 0 Å². The van der Waals surface area contributed by atoms with E-state index in [1.165, 1.54) is 25.2 Å². The molecule has 3 heteroatoms. The second kappa shape index (κ2) is 4.44. The third kappa shape index (κ3) is 1.65. The predicted molar refractivity (Wildman–Crippen MR) is 79.5 cm³/mol. The zero-order valence-electron chi connectivity index (χ0n) is 12.1. The molecule has 1 aromatic carbocycles. The van der Waals surface area contributed by atoms with Gasteiger partial charge in [-0.15, -0.1) is 0 Å². The highest BCUT2D eigenvalue weighted by Gasteiger charge is 2.49. The largest absolute Gasteiger partial charge is 0.497 e. The fraction of sp³-hybridized carbons (Fsp3) is 0.529. The Kier molecular flexibility index (Phi) is 2.69. The molecule has 2 bridgehead atoms. The van der Waals surface area contributed by atoms with Crippen LogP contribution in [-0.4, -0.2) is 27.3 Å². The molecule has 1 aromatic rings. The zero-order valence-corrected chi connectivity index (χ0v) is 12.1. The van der Waals surface area contributed by atoms with E-state index < -0.39 is 0 Å². The lowest BCUT2D eigenvalue weighted by atomic mass is 9.86. The van der Waals surface area contributed by atoms with Crippen molar-refractivity contribution >= 4 is 5.69 Å². The lowest BCUT2D eigenvalue weighted by Crippen LogP contribution is -2.22. The van der Waals surface area contributed by atoms with Gasteiger partial charge in [0.1, 0.15) is 11.5 Å². The van der Waals surface area contributed by atoms with Crippen LogP contribution in [0.3, 0.4) is 0 Å². The molecule has 2 aliphatic carbocycles. The van der Waals surface area contributed by atoms with Crippen LogP contribution in [0.25, 0.3) is 0 Å². The van der Waals surface area contributed by atoms with Gasteiger partial charge in [-0.05, 0) is 42.2 Å². The summed E-state index contributed by atoms with van der Waals surface area (Å²) in [6.45, 7) is 2.33. The first-order valence-electron chi connectivity index (χ1n) is 7.45. The summed E-state index contributed by atoms with van der Waals surface area (Å²) in [6, 6.07) is 6.14. The van der Waals surface area contributed by atoms with Crippen LogP contribution < -0.4 is 14.4 Å². The summed E-state index contributed by atoms with van der Waals surface area (Å²) in [6.07, 6.45) is 6.28. The van der Waals surface area contributed by atoms with Crippen LogP contribution in [0.15, 0.2) is 30.4 Å². The molecule has 1 aliphatic heterocycles. The van der Waals surface area contributed by atoms with E-state index in [2.05, 4.69) is 23.1 Å². The van der Waals surface area contributed by atoms with Crippen molar-refractivity contribution in [2.75, 3.05) is 32.2 Å². The molecule has 0 radical (unpaired) electrons. The number of rotatable bonds is 3. The molecule has 106 valence electrons. The Hall–Kier alpha value is -1.64. The van der Waals surface area contributed by atoms with E-state index in [9.17, 15) is 0 Å². The lowest BCUT2D eigenvalue weighted by Gasteiger charge is -2.23. The first kappa shape index (κ1) is 12.1. The summed E-state index contributed by atoms with van der Waals surface area (Å²) in [4.78, 5) is 2.50. The Labute approximate surface area is 120 Å². The second-order valence-corrected chi connectivity index (χ2v) is 6.22. The number of hydrogen-bond donors (Lipinski definition) is 0. The van der Waals surface area contributed by atoms with Gasteiger partial charge in [0.15, 0.2) is 0 Å². The summed E-state index contributed by atoms with van der Waals surface area (Å²) in [5.41, 5.74) is 1.21. The topological polar surface area (TPSA) is 21.7 Å². The van der Waals surface area contributed by atoms with Crippen molar-refractivity contribution in [2.45, 2.75) is 6.42 Å². The van der Waals surface area contributed by atoms with Gasteiger partial charge in [-0.25, -0.2) is 0 Å². The number of nitrogens with zero attached hydrogens (tertiary/aromatic N) is 1. The van der Waals surface area contributed by atoms with Gasteiger partial charge >= 0.3 is 0 Å². The standard InChI is InChI=1S/C17H21NO2/c1-19-13-5-6-16(17(8-13)20-2)18-9-14-11-3-4-12(7-11)15(14)10-18/h3-6,8,11-12,14-15H,7,9-10H2,1-2H3. The molecular formula is C17H21NO2. The second-order valence-electron chi connectivity index (χ2n) is 6.22. The molecule has 0 spiro atoms. The number of anilines is 1. The van der Waals surface area contributed by atoms with Crippen LogP contribution in [0.4, 0.5) is 5.69 Å². The number of ether oxygens (including phenoxy) is 2. The van der Waals surface area contributed by atoms with Crippen LogP contribution in [-0.2, 0) is 0 Å². The number of benzene rings is 1. The molecule has 2 fully saturated rings. The SMILES string of the molecule is COc1ccc(N2CC3C4C=CC(C4)C3C2)c(OC)c1. The van der Waals surface area contributed by atoms with Crippen LogP contribution in [0.1, 0.15) is 6.42 Å². The number of hydrogen-bond acceptors (Lipinski definition) is 3. The van der Waals surface area contributed by atoms with Gasteiger partial charge in [-0.2, -0.15) is 0 Å². The maximum atomic E-state index is 5.55. The third-order valence-corrected chi connectivity index (χ3v) is 5.39. The summed E-state index contributed by atoms with van der Waals surface area (Å²) >= 11 is 0. The monoisotopic (exact) mass is 271 g/mol. The fourth-order valence-electron chi connectivity index (χ4n) is 4.39. The van der Waals surface area contributed by atoms with E-state index in [0.29, 0.717) is 0 Å². The molecule has 3 aliphatic rings. The van der Waals surface area contributed by atoms with Crippen LogP contribution >= 0.6 is 0 Å².